The first kappa shape index (κ1) is 17.9. The number of hydrogen-bond donors (Lipinski definition) is 0. The molecule has 0 saturated carbocycles. The molecule has 0 unspecified atom stereocenters. The molecule has 2 heterocycles. The molecule has 0 N–H and O–H groups in total. The van der Waals surface area contributed by atoms with Crippen LogP contribution in [-0.2, 0) is 23.0 Å². The van der Waals surface area contributed by atoms with Crippen molar-refractivity contribution in [3.05, 3.63) is 35.4 Å². The van der Waals surface area contributed by atoms with Crippen molar-refractivity contribution in [2.24, 2.45) is 0 Å². The Morgan fingerprint density at radius 2 is 1.79 bits per heavy atom. The molecule has 0 aliphatic carbocycles. The first-order valence-corrected chi connectivity index (χ1v) is 10.6. The highest BCUT2D eigenvalue weighted by molar-refractivity contribution is 7.88. The highest BCUT2D eigenvalue weighted by Gasteiger charge is 2.30. The fraction of sp³-hybridized carbons (Fsp3) is 0.667. The van der Waals surface area contributed by atoms with E-state index in [0.29, 0.717) is 25.2 Å². The van der Waals surface area contributed by atoms with E-state index in [-0.39, 0.29) is 0 Å². The Morgan fingerprint density at radius 3 is 2.42 bits per heavy atom. The molecule has 1 aromatic carbocycles. The normalized spacial score (nSPS) is 24.2. The number of nitrogens with zero attached hydrogens (tertiary/aromatic N) is 3. The number of benzene rings is 1. The van der Waals surface area contributed by atoms with Crippen LogP contribution in [0, 0.1) is 0 Å². The summed E-state index contributed by atoms with van der Waals surface area (Å²) >= 11 is 0. The van der Waals surface area contributed by atoms with Gasteiger partial charge in [-0.05, 0) is 44.5 Å². The molecule has 3 rings (SSSR count). The highest BCUT2D eigenvalue weighted by Crippen LogP contribution is 2.24. The highest BCUT2D eigenvalue weighted by atomic mass is 32.2. The lowest BCUT2D eigenvalue weighted by molar-refractivity contribution is 0.111. The molecule has 134 valence electrons. The van der Waals surface area contributed by atoms with Crippen LogP contribution < -0.4 is 0 Å². The maximum atomic E-state index is 11.6. The number of hydrogen-bond acceptors (Lipinski definition) is 4. The number of likely N-dealkylation sites (N-methyl/N-ethyl adjacent to an activating group) is 2. The van der Waals surface area contributed by atoms with Crippen LogP contribution in [0.25, 0.3) is 0 Å². The molecular weight excluding hydrogens is 322 g/mol. The summed E-state index contributed by atoms with van der Waals surface area (Å²) in [6, 6.07) is 9.74. The van der Waals surface area contributed by atoms with E-state index in [0.717, 1.165) is 32.4 Å². The van der Waals surface area contributed by atoms with Crippen LogP contribution in [0.5, 0.6) is 0 Å². The van der Waals surface area contributed by atoms with E-state index in [2.05, 4.69) is 48.2 Å². The summed E-state index contributed by atoms with van der Waals surface area (Å²) in [5.41, 5.74) is 2.92. The molecule has 0 amide bonds. The zero-order valence-electron chi connectivity index (χ0n) is 15.0. The van der Waals surface area contributed by atoms with Gasteiger partial charge in [-0.2, -0.15) is 0 Å². The molecular formula is C18H29N3O2S. The summed E-state index contributed by atoms with van der Waals surface area (Å²) in [5.74, 6) is 0. The molecule has 6 heteroatoms. The second kappa shape index (κ2) is 7.12. The average Bonchev–Trinajstić information content (AvgIpc) is 2.55. The first-order valence-electron chi connectivity index (χ1n) is 8.77. The van der Waals surface area contributed by atoms with Crippen molar-refractivity contribution < 1.29 is 8.42 Å². The van der Waals surface area contributed by atoms with Gasteiger partial charge in [-0.15, -0.1) is 0 Å². The number of piperidine rings is 1. The summed E-state index contributed by atoms with van der Waals surface area (Å²) in [6.45, 7) is 3.35. The van der Waals surface area contributed by atoms with Gasteiger partial charge in [0, 0.05) is 38.3 Å². The van der Waals surface area contributed by atoms with Gasteiger partial charge < -0.3 is 4.90 Å². The Kier molecular flexibility index (Phi) is 5.30. The molecule has 0 bridgehead atoms. The Bertz CT molecular complexity index is 669. The standard InChI is InChI=1S/C18H29N3O2S/c1-19-13-16-7-5-4-6-15(16)12-18(19)14-20(2)17-8-10-21(11-9-17)24(3,22)23/h4-7,17-18H,8-14H2,1-3H3/t18-/m1/s1. The zero-order valence-corrected chi connectivity index (χ0v) is 15.8. The molecule has 0 aromatic heterocycles. The van der Waals surface area contributed by atoms with Crippen molar-refractivity contribution in [3.63, 3.8) is 0 Å². The molecule has 1 atom stereocenters. The van der Waals surface area contributed by atoms with E-state index in [1.165, 1.54) is 17.4 Å². The van der Waals surface area contributed by atoms with Crippen LogP contribution >= 0.6 is 0 Å². The van der Waals surface area contributed by atoms with E-state index >= 15 is 0 Å². The third kappa shape index (κ3) is 3.99. The lowest BCUT2D eigenvalue weighted by Crippen LogP contribution is -2.50. The molecule has 0 radical (unpaired) electrons. The Labute approximate surface area is 146 Å². The molecule has 2 aliphatic heterocycles. The smallest absolute Gasteiger partial charge is 0.211 e. The van der Waals surface area contributed by atoms with E-state index < -0.39 is 10.0 Å². The molecule has 2 aliphatic rings. The number of rotatable bonds is 4. The van der Waals surface area contributed by atoms with Gasteiger partial charge in [-0.25, -0.2) is 12.7 Å². The monoisotopic (exact) mass is 351 g/mol. The Balaban J connectivity index is 1.57. The zero-order chi connectivity index (χ0) is 17.3. The third-order valence-electron chi connectivity index (χ3n) is 5.63. The topological polar surface area (TPSA) is 43.9 Å². The molecule has 24 heavy (non-hydrogen) atoms. The second-order valence-electron chi connectivity index (χ2n) is 7.37. The van der Waals surface area contributed by atoms with Crippen LogP contribution in [-0.4, -0.2) is 74.6 Å². The SMILES string of the molecule is CN(C[C@H]1Cc2ccccc2CN1C)C1CCN(S(C)(=O)=O)CC1. The van der Waals surface area contributed by atoms with Crippen molar-refractivity contribution in [2.45, 2.75) is 37.9 Å². The van der Waals surface area contributed by atoms with Gasteiger partial charge in [-0.3, -0.25) is 4.90 Å². The van der Waals surface area contributed by atoms with Crippen LogP contribution in [0.4, 0.5) is 0 Å². The van der Waals surface area contributed by atoms with Gasteiger partial charge in [0.2, 0.25) is 10.0 Å². The fourth-order valence-corrected chi connectivity index (χ4v) is 4.89. The number of fused-ring (bicyclic) bond motifs is 1. The van der Waals surface area contributed by atoms with Crippen LogP contribution in [0.1, 0.15) is 24.0 Å². The van der Waals surface area contributed by atoms with Gasteiger partial charge >= 0.3 is 0 Å². The Hall–Kier alpha value is -0.950. The van der Waals surface area contributed by atoms with Crippen LogP contribution in [0.2, 0.25) is 0 Å². The molecule has 5 nitrogen and oxygen atoms in total. The van der Waals surface area contributed by atoms with Gasteiger partial charge in [0.1, 0.15) is 0 Å². The Morgan fingerprint density at radius 1 is 1.17 bits per heavy atom. The van der Waals surface area contributed by atoms with Crippen molar-refractivity contribution >= 4 is 10.0 Å². The van der Waals surface area contributed by atoms with E-state index in [1.54, 1.807) is 4.31 Å². The van der Waals surface area contributed by atoms with Crippen molar-refractivity contribution in [1.82, 2.24) is 14.1 Å². The second-order valence-corrected chi connectivity index (χ2v) is 9.36. The van der Waals surface area contributed by atoms with Crippen molar-refractivity contribution in [2.75, 3.05) is 40.0 Å². The minimum absolute atomic E-state index is 0.480. The lowest BCUT2D eigenvalue weighted by atomic mass is 9.93. The minimum atomic E-state index is -3.04. The van der Waals surface area contributed by atoms with Crippen LogP contribution in [0.15, 0.2) is 24.3 Å². The fourth-order valence-electron chi connectivity index (χ4n) is 4.02. The first-order chi connectivity index (χ1) is 11.3. The average molecular weight is 352 g/mol. The maximum Gasteiger partial charge on any atom is 0.211 e. The largest absolute Gasteiger partial charge is 0.302 e. The molecule has 1 saturated heterocycles. The molecule has 0 spiro atoms. The summed E-state index contributed by atoms with van der Waals surface area (Å²) in [5, 5.41) is 0. The predicted molar refractivity (Wildman–Crippen MR) is 97.5 cm³/mol. The summed E-state index contributed by atoms with van der Waals surface area (Å²) < 4.78 is 24.9. The van der Waals surface area contributed by atoms with Gasteiger partial charge in [0.25, 0.3) is 0 Å². The quantitative estimate of drug-likeness (QED) is 0.822. The van der Waals surface area contributed by atoms with E-state index in [4.69, 9.17) is 0 Å². The summed E-state index contributed by atoms with van der Waals surface area (Å²) in [7, 11) is 1.36. The maximum absolute atomic E-state index is 11.6. The van der Waals surface area contributed by atoms with Crippen molar-refractivity contribution in [1.29, 1.82) is 0 Å². The minimum Gasteiger partial charge on any atom is -0.302 e. The predicted octanol–water partition coefficient (Wildman–Crippen LogP) is 1.40. The number of sulfonamides is 1. The lowest BCUT2D eigenvalue weighted by Gasteiger charge is -2.40. The van der Waals surface area contributed by atoms with Gasteiger partial charge in [0.15, 0.2) is 0 Å². The van der Waals surface area contributed by atoms with Crippen LogP contribution in [0.3, 0.4) is 0 Å². The third-order valence-corrected chi connectivity index (χ3v) is 6.93. The summed E-state index contributed by atoms with van der Waals surface area (Å²) in [6.07, 6.45) is 4.26. The van der Waals surface area contributed by atoms with Gasteiger partial charge in [-0.1, -0.05) is 24.3 Å². The van der Waals surface area contributed by atoms with E-state index in [9.17, 15) is 8.42 Å². The van der Waals surface area contributed by atoms with E-state index in [1.807, 2.05) is 0 Å². The molecule has 1 aromatic rings. The summed E-state index contributed by atoms with van der Waals surface area (Å²) in [4.78, 5) is 4.89. The van der Waals surface area contributed by atoms with Gasteiger partial charge in [0.05, 0.1) is 6.26 Å². The van der Waals surface area contributed by atoms with Crippen molar-refractivity contribution in [3.8, 4) is 0 Å². The molecule has 1 fully saturated rings.